The summed E-state index contributed by atoms with van der Waals surface area (Å²) >= 11 is 1.52. The molecule has 1 heterocycles. The zero-order chi connectivity index (χ0) is 16.2. The smallest absolute Gasteiger partial charge is 0.338 e. The summed E-state index contributed by atoms with van der Waals surface area (Å²) in [4.78, 5) is 14.4. The molecular formula is C16H14F3NOS. The first kappa shape index (κ1) is 16.3. The van der Waals surface area contributed by atoms with Crippen LogP contribution in [0.15, 0.2) is 47.9 Å². The molecule has 0 N–H and O–H groups in total. The van der Waals surface area contributed by atoms with E-state index in [9.17, 15) is 18.0 Å². The molecule has 0 radical (unpaired) electrons. The van der Waals surface area contributed by atoms with E-state index in [2.05, 4.69) is 0 Å². The Morgan fingerprint density at radius 1 is 1.23 bits per heavy atom. The van der Waals surface area contributed by atoms with Crippen molar-refractivity contribution in [3.05, 3.63) is 63.9 Å². The molecule has 0 unspecified atom stereocenters. The molecule has 0 aliphatic rings. The summed E-state index contributed by atoms with van der Waals surface area (Å²) in [5.41, 5.74) is -0.0452. The van der Waals surface area contributed by atoms with Crippen molar-refractivity contribution in [1.29, 1.82) is 0 Å². The highest BCUT2D eigenvalue weighted by Gasteiger charge is 2.29. The van der Waals surface area contributed by atoms with Gasteiger partial charge in [0.05, 0.1) is 5.56 Å². The van der Waals surface area contributed by atoms with E-state index in [0.717, 1.165) is 17.0 Å². The van der Waals surface area contributed by atoms with E-state index >= 15 is 0 Å². The third-order valence-electron chi connectivity index (χ3n) is 3.01. The van der Waals surface area contributed by atoms with Gasteiger partial charge in [-0.3, -0.25) is 4.79 Å². The highest BCUT2D eigenvalue weighted by molar-refractivity contribution is 7.10. The number of hydrogen-bond donors (Lipinski definition) is 0. The lowest BCUT2D eigenvalue weighted by atomic mass is 10.1. The Morgan fingerprint density at radius 2 is 1.91 bits per heavy atom. The van der Waals surface area contributed by atoms with E-state index < -0.39 is 11.7 Å². The second-order valence-electron chi connectivity index (χ2n) is 4.74. The van der Waals surface area contributed by atoms with Crippen molar-refractivity contribution in [3.63, 3.8) is 0 Å². The van der Waals surface area contributed by atoms with Crippen LogP contribution in [0.5, 0.6) is 0 Å². The number of carbonyl (C=O) groups is 1. The maximum absolute atomic E-state index is 12.5. The molecular weight excluding hydrogens is 311 g/mol. The predicted molar refractivity (Wildman–Crippen MR) is 81.3 cm³/mol. The third kappa shape index (κ3) is 4.46. The number of alkyl halides is 3. The van der Waals surface area contributed by atoms with E-state index in [1.54, 1.807) is 13.1 Å². The Hall–Kier alpha value is -2.08. The Bertz CT molecular complexity index is 645. The van der Waals surface area contributed by atoms with E-state index in [1.807, 2.05) is 17.5 Å². The molecule has 2 rings (SSSR count). The lowest BCUT2D eigenvalue weighted by molar-refractivity contribution is -0.137. The highest BCUT2D eigenvalue weighted by atomic mass is 32.1. The average Bonchev–Trinajstić information content (AvgIpc) is 2.97. The summed E-state index contributed by atoms with van der Waals surface area (Å²) in [6.45, 7) is 0.256. The van der Waals surface area contributed by atoms with Gasteiger partial charge in [0, 0.05) is 24.5 Å². The SMILES string of the molecule is CN(Cc1ccc(C(F)(F)F)cc1)C(=O)C=Cc1cccs1. The van der Waals surface area contributed by atoms with Crippen LogP contribution in [0.25, 0.3) is 6.08 Å². The van der Waals surface area contributed by atoms with Gasteiger partial charge in [-0.25, -0.2) is 0 Å². The van der Waals surface area contributed by atoms with Crippen molar-refractivity contribution in [2.24, 2.45) is 0 Å². The van der Waals surface area contributed by atoms with Crippen LogP contribution < -0.4 is 0 Å². The minimum absolute atomic E-state index is 0.201. The Labute approximate surface area is 130 Å². The van der Waals surface area contributed by atoms with Crippen LogP contribution in [-0.2, 0) is 17.5 Å². The number of amides is 1. The fraction of sp³-hybridized carbons (Fsp3) is 0.188. The zero-order valence-electron chi connectivity index (χ0n) is 11.8. The molecule has 0 bridgehead atoms. The van der Waals surface area contributed by atoms with Crippen molar-refractivity contribution in [2.75, 3.05) is 7.05 Å². The van der Waals surface area contributed by atoms with Crippen molar-refractivity contribution < 1.29 is 18.0 Å². The summed E-state index contributed by atoms with van der Waals surface area (Å²) in [5, 5.41) is 1.91. The summed E-state index contributed by atoms with van der Waals surface area (Å²) in [6.07, 6.45) is -1.17. The van der Waals surface area contributed by atoms with Crippen LogP contribution >= 0.6 is 11.3 Å². The highest BCUT2D eigenvalue weighted by Crippen LogP contribution is 2.29. The van der Waals surface area contributed by atoms with Crippen LogP contribution in [0.2, 0.25) is 0 Å². The molecule has 116 valence electrons. The van der Waals surface area contributed by atoms with Crippen molar-refractivity contribution in [2.45, 2.75) is 12.7 Å². The molecule has 1 aromatic carbocycles. The second-order valence-corrected chi connectivity index (χ2v) is 5.72. The van der Waals surface area contributed by atoms with E-state index in [4.69, 9.17) is 0 Å². The molecule has 1 aromatic heterocycles. The number of thiophene rings is 1. The van der Waals surface area contributed by atoms with Gasteiger partial charge in [-0.2, -0.15) is 13.2 Å². The quantitative estimate of drug-likeness (QED) is 0.761. The van der Waals surface area contributed by atoms with Crippen molar-refractivity contribution >= 4 is 23.3 Å². The molecule has 0 atom stereocenters. The first-order chi connectivity index (χ1) is 10.4. The third-order valence-corrected chi connectivity index (χ3v) is 3.85. The lowest BCUT2D eigenvalue weighted by Gasteiger charge is -2.15. The predicted octanol–water partition coefficient (Wildman–Crippen LogP) is 4.44. The maximum atomic E-state index is 12.5. The van der Waals surface area contributed by atoms with Gasteiger partial charge < -0.3 is 4.90 Å². The topological polar surface area (TPSA) is 20.3 Å². The number of hydrogen-bond acceptors (Lipinski definition) is 2. The maximum Gasteiger partial charge on any atom is 0.416 e. The monoisotopic (exact) mass is 325 g/mol. The minimum atomic E-state index is -4.34. The first-order valence-electron chi connectivity index (χ1n) is 6.49. The number of nitrogens with zero attached hydrogens (tertiary/aromatic N) is 1. The van der Waals surface area contributed by atoms with Gasteiger partial charge in [-0.15, -0.1) is 11.3 Å². The Balaban J connectivity index is 1.96. The lowest BCUT2D eigenvalue weighted by Crippen LogP contribution is -2.24. The molecule has 22 heavy (non-hydrogen) atoms. The van der Waals surface area contributed by atoms with Crippen LogP contribution in [-0.4, -0.2) is 17.9 Å². The van der Waals surface area contributed by atoms with Gasteiger partial charge in [0.15, 0.2) is 0 Å². The summed E-state index contributed by atoms with van der Waals surface area (Å²) in [6, 6.07) is 8.60. The number of halogens is 3. The number of rotatable bonds is 4. The molecule has 0 saturated heterocycles. The summed E-state index contributed by atoms with van der Waals surface area (Å²) < 4.78 is 37.4. The number of likely N-dealkylation sites (N-methyl/N-ethyl adjacent to an activating group) is 1. The second kappa shape index (κ2) is 6.79. The van der Waals surface area contributed by atoms with Gasteiger partial charge in [0.25, 0.3) is 0 Å². The van der Waals surface area contributed by atoms with Crippen LogP contribution in [0.1, 0.15) is 16.0 Å². The van der Waals surface area contributed by atoms with Crippen LogP contribution in [0.4, 0.5) is 13.2 Å². The average molecular weight is 325 g/mol. The molecule has 0 fully saturated rings. The fourth-order valence-electron chi connectivity index (χ4n) is 1.82. The molecule has 0 spiro atoms. The van der Waals surface area contributed by atoms with Crippen LogP contribution in [0, 0.1) is 0 Å². The molecule has 1 amide bonds. The van der Waals surface area contributed by atoms with E-state index in [-0.39, 0.29) is 12.5 Å². The largest absolute Gasteiger partial charge is 0.416 e. The van der Waals surface area contributed by atoms with E-state index in [1.165, 1.54) is 34.4 Å². The van der Waals surface area contributed by atoms with E-state index in [0.29, 0.717) is 5.56 Å². The van der Waals surface area contributed by atoms with Gasteiger partial charge in [0.1, 0.15) is 0 Å². The first-order valence-corrected chi connectivity index (χ1v) is 7.37. The van der Waals surface area contributed by atoms with Gasteiger partial charge in [-0.05, 0) is 35.2 Å². The van der Waals surface area contributed by atoms with Crippen molar-refractivity contribution in [3.8, 4) is 0 Å². The summed E-state index contributed by atoms with van der Waals surface area (Å²) in [7, 11) is 1.61. The molecule has 2 aromatic rings. The van der Waals surface area contributed by atoms with Gasteiger partial charge in [-0.1, -0.05) is 18.2 Å². The van der Waals surface area contributed by atoms with Gasteiger partial charge >= 0.3 is 6.18 Å². The van der Waals surface area contributed by atoms with Crippen LogP contribution in [0.3, 0.4) is 0 Å². The molecule has 0 aliphatic carbocycles. The number of carbonyl (C=O) groups excluding carboxylic acids is 1. The molecule has 6 heteroatoms. The summed E-state index contributed by atoms with van der Waals surface area (Å²) in [5.74, 6) is -0.201. The zero-order valence-corrected chi connectivity index (χ0v) is 12.6. The molecule has 0 aliphatic heterocycles. The number of benzene rings is 1. The molecule has 0 saturated carbocycles. The minimum Gasteiger partial charge on any atom is -0.338 e. The van der Waals surface area contributed by atoms with Gasteiger partial charge in [0.2, 0.25) is 5.91 Å². The Morgan fingerprint density at radius 3 is 2.45 bits per heavy atom. The Kier molecular flexibility index (Phi) is 5.03. The standard InChI is InChI=1S/C16H14F3NOS/c1-20(15(21)9-8-14-3-2-10-22-14)11-12-4-6-13(7-5-12)16(17,18)19/h2-10H,11H2,1H3. The van der Waals surface area contributed by atoms with Crippen molar-refractivity contribution in [1.82, 2.24) is 4.90 Å². The normalized spacial score (nSPS) is 11.8. The fourth-order valence-corrected chi connectivity index (χ4v) is 2.44. The molecule has 2 nitrogen and oxygen atoms in total.